The first-order valence-corrected chi connectivity index (χ1v) is 5.35. The van der Waals surface area contributed by atoms with Gasteiger partial charge in [0, 0.05) is 6.54 Å². The van der Waals surface area contributed by atoms with Crippen LogP contribution < -0.4 is 5.32 Å². The monoisotopic (exact) mass is 221 g/mol. The molecular weight excluding hydrogens is 210 g/mol. The van der Waals surface area contributed by atoms with E-state index in [1.165, 1.54) is 5.56 Å². The Bertz CT molecular complexity index is 397. The van der Waals surface area contributed by atoms with Crippen LogP contribution in [0.4, 0.5) is 0 Å². The topological polar surface area (TPSA) is 29.1 Å². The number of benzene rings is 1. The third-order valence-corrected chi connectivity index (χ3v) is 2.97. The van der Waals surface area contributed by atoms with Gasteiger partial charge in [0.15, 0.2) is 0 Å². The van der Waals surface area contributed by atoms with Crippen molar-refractivity contribution in [2.45, 2.75) is 12.8 Å². The minimum atomic E-state index is -0.139. The third kappa shape index (κ3) is 2.39. The SMILES string of the molecule is O=C1NCC(CCc2ccccc2)=C1Cl. The minimum absolute atomic E-state index is 0.139. The van der Waals surface area contributed by atoms with Gasteiger partial charge in [0.2, 0.25) is 0 Å². The number of amides is 1. The Morgan fingerprint density at radius 2 is 1.93 bits per heavy atom. The van der Waals surface area contributed by atoms with Gasteiger partial charge in [-0.25, -0.2) is 0 Å². The summed E-state index contributed by atoms with van der Waals surface area (Å²) in [5, 5.41) is 3.09. The van der Waals surface area contributed by atoms with E-state index in [-0.39, 0.29) is 5.91 Å². The number of carbonyl (C=O) groups excluding carboxylic acids is 1. The van der Waals surface area contributed by atoms with E-state index in [1.807, 2.05) is 18.2 Å². The smallest absolute Gasteiger partial charge is 0.263 e. The molecule has 78 valence electrons. The molecule has 0 bridgehead atoms. The number of nitrogens with one attached hydrogen (secondary N) is 1. The molecule has 3 heteroatoms. The fourth-order valence-electron chi connectivity index (χ4n) is 1.64. The molecule has 1 amide bonds. The van der Waals surface area contributed by atoms with Crippen molar-refractivity contribution in [1.82, 2.24) is 5.32 Å². The van der Waals surface area contributed by atoms with Crippen molar-refractivity contribution >= 4 is 17.5 Å². The Hall–Kier alpha value is -1.28. The summed E-state index contributed by atoms with van der Waals surface area (Å²) in [6.07, 6.45) is 1.78. The molecule has 1 aromatic carbocycles. The van der Waals surface area contributed by atoms with E-state index >= 15 is 0 Å². The van der Waals surface area contributed by atoms with E-state index < -0.39 is 0 Å². The maximum atomic E-state index is 11.1. The Labute approximate surface area is 93.9 Å². The number of carbonyl (C=O) groups is 1. The molecule has 0 aromatic heterocycles. The average molecular weight is 222 g/mol. The highest BCUT2D eigenvalue weighted by Gasteiger charge is 2.19. The fourth-order valence-corrected chi connectivity index (χ4v) is 1.87. The second kappa shape index (κ2) is 4.49. The summed E-state index contributed by atoms with van der Waals surface area (Å²) in [5.41, 5.74) is 2.29. The van der Waals surface area contributed by atoms with Crippen LogP contribution >= 0.6 is 11.6 Å². The summed E-state index contributed by atoms with van der Waals surface area (Å²) in [4.78, 5) is 11.1. The molecule has 0 aliphatic carbocycles. The lowest BCUT2D eigenvalue weighted by atomic mass is 10.1. The van der Waals surface area contributed by atoms with Crippen molar-refractivity contribution in [2.24, 2.45) is 0 Å². The average Bonchev–Trinajstić information content (AvgIpc) is 2.59. The van der Waals surface area contributed by atoms with Gasteiger partial charge in [-0.3, -0.25) is 4.79 Å². The number of halogens is 1. The molecule has 0 saturated heterocycles. The van der Waals surface area contributed by atoms with Crippen LogP contribution in [-0.4, -0.2) is 12.5 Å². The molecule has 0 unspecified atom stereocenters. The van der Waals surface area contributed by atoms with Gasteiger partial charge in [0.05, 0.1) is 0 Å². The highest BCUT2D eigenvalue weighted by molar-refractivity contribution is 6.43. The molecule has 2 rings (SSSR count). The first-order chi connectivity index (χ1) is 7.27. The minimum Gasteiger partial charge on any atom is -0.347 e. The van der Waals surface area contributed by atoms with Gasteiger partial charge in [-0.15, -0.1) is 0 Å². The zero-order valence-electron chi connectivity index (χ0n) is 8.29. The molecule has 15 heavy (non-hydrogen) atoms. The highest BCUT2D eigenvalue weighted by Crippen LogP contribution is 2.20. The molecule has 2 nitrogen and oxygen atoms in total. The first-order valence-electron chi connectivity index (χ1n) is 4.97. The van der Waals surface area contributed by atoms with Crippen LogP contribution in [0.3, 0.4) is 0 Å². The molecule has 0 saturated carbocycles. The quantitative estimate of drug-likeness (QED) is 0.834. The van der Waals surface area contributed by atoms with Gasteiger partial charge in [-0.1, -0.05) is 41.9 Å². The van der Waals surface area contributed by atoms with E-state index in [0.717, 1.165) is 18.4 Å². The van der Waals surface area contributed by atoms with Crippen LogP contribution in [0.5, 0.6) is 0 Å². The molecule has 0 radical (unpaired) electrons. The Morgan fingerprint density at radius 3 is 2.53 bits per heavy atom. The summed E-state index contributed by atoms with van der Waals surface area (Å²) >= 11 is 5.86. The van der Waals surface area contributed by atoms with Crippen LogP contribution in [0.1, 0.15) is 12.0 Å². The third-order valence-electron chi connectivity index (χ3n) is 2.53. The van der Waals surface area contributed by atoms with Crippen LogP contribution in [0.25, 0.3) is 0 Å². The van der Waals surface area contributed by atoms with Crippen LogP contribution in [-0.2, 0) is 11.2 Å². The van der Waals surface area contributed by atoms with Gasteiger partial charge in [-0.2, -0.15) is 0 Å². The van der Waals surface area contributed by atoms with Crippen molar-refractivity contribution in [1.29, 1.82) is 0 Å². The standard InChI is InChI=1S/C12H12ClNO/c13-11-10(8-14-12(11)15)7-6-9-4-2-1-3-5-9/h1-5H,6-8H2,(H,14,15). The normalized spacial score (nSPS) is 15.7. The van der Waals surface area contributed by atoms with Gasteiger partial charge in [-0.05, 0) is 24.0 Å². The number of hydrogen-bond donors (Lipinski definition) is 1. The first kappa shape index (κ1) is 10.2. The van der Waals surface area contributed by atoms with Crippen molar-refractivity contribution in [3.63, 3.8) is 0 Å². The lowest BCUT2D eigenvalue weighted by molar-refractivity contribution is -0.116. The lowest BCUT2D eigenvalue weighted by Crippen LogP contribution is -2.16. The summed E-state index contributed by atoms with van der Waals surface area (Å²) in [6, 6.07) is 10.2. The number of aryl methyl sites for hydroxylation is 1. The highest BCUT2D eigenvalue weighted by atomic mass is 35.5. The van der Waals surface area contributed by atoms with E-state index in [0.29, 0.717) is 11.6 Å². The Morgan fingerprint density at radius 1 is 1.20 bits per heavy atom. The Kier molecular flexibility index (Phi) is 3.07. The van der Waals surface area contributed by atoms with E-state index in [1.54, 1.807) is 0 Å². The lowest BCUT2D eigenvalue weighted by Gasteiger charge is -2.01. The molecule has 1 aliphatic heterocycles. The van der Waals surface area contributed by atoms with Crippen LogP contribution in [0.2, 0.25) is 0 Å². The maximum absolute atomic E-state index is 11.1. The molecule has 0 fully saturated rings. The number of rotatable bonds is 3. The maximum Gasteiger partial charge on any atom is 0.263 e. The van der Waals surface area contributed by atoms with Gasteiger partial charge >= 0.3 is 0 Å². The van der Waals surface area contributed by atoms with Crippen molar-refractivity contribution < 1.29 is 4.79 Å². The Balaban J connectivity index is 1.97. The van der Waals surface area contributed by atoms with Crippen molar-refractivity contribution in [3.8, 4) is 0 Å². The second-order valence-electron chi connectivity index (χ2n) is 3.59. The molecule has 0 atom stereocenters. The van der Waals surface area contributed by atoms with E-state index in [4.69, 9.17) is 11.6 Å². The summed E-state index contributed by atoms with van der Waals surface area (Å²) in [6.45, 7) is 0.602. The summed E-state index contributed by atoms with van der Waals surface area (Å²) < 4.78 is 0. The molecule has 0 spiro atoms. The molecule has 1 aliphatic rings. The molecular formula is C12H12ClNO. The zero-order valence-corrected chi connectivity index (χ0v) is 9.05. The van der Waals surface area contributed by atoms with E-state index in [9.17, 15) is 4.79 Å². The molecule has 1 N–H and O–H groups in total. The molecule has 1 heterocycles. The van der Waals surface area contributed by atoms with E-state index in [2.05, 4.69) is 17.4 Å². The van der Waals surface area contributed by atoms with Crippen molar-refractivity contribution in [3.05, 3.63) is 46.5 Å². The van der Waals surface area contributed by atoms with Crippen molar-refractivity contribution in [2.75, 3.05) is 6.54 Å². The van der Waals surface area contributed by atoms with Gasteiger partial charge < -0.3 is 5.32 Å². The largest absolute Gasteiger partial charge is 0.347 e. The van der Waals surface area contributed by atoms with Gasteiger partial charge in [0.1, 0.15) is 5.03 Å². The molecule has 1 aromatic rings. The number of hydrogen-bond acceptors (Lipinski definition) is 1. The summed E-state index contributed by atoms with van der Waals surface area (Å²) in [7, 11) is 0. The fraction of sp³-hybridized carbons (Fsp3) is 0.250. The van der Waals surface area contributed by atoms with Crippen LogP contribution in [0.15, 0.2) is 40.9 Å². The predicted molar refractivity (Wildman–Crippen MR) is 60.7 cm³/mol. The predicted octanol–water partition coefficient (Wildman–Crippen LogP) is 2.24. The second-order valence-corrected chi connectivity index (χ2v) is 3.96. The summed E-state index contributed by atoms with van der Waals surface area (Å²) in [5.74, 6) is -0.139. The van der Waals surface area contributed by atoms with Crippen LogP contribution in [0, 0.1) is 0 Å². The zero-order chi connectivity index (χ0) is 10.7. The van der Waals surface area contributed by atoms with Gasteiger partial charge in [0.25, 0.3) is 5.91 Å².